The number of rotatable bonds is 3. The number of aryl methyl sites for hydroxylation is 1. The lowest BCUT2D eigenvalue weighted by Crippen LogP contribution is -2.39. The standard InChI is InChI=1S/C15H16IN3O3/c1-9-7-10(16)4-5-11(9)17-13(20)8-19-14(21)12-3-2-6-18(12)15(19)22/h4-5,7,12H,2-3,6,8H2,1H3,(H,17,20). The van der Waals surface area contributed by atoms with Gasteiger partial charge in [0.15, 0.2) is 0 Å². The minimum absolute atomic E-state index is 0.226. The topological polar surface area (TPSA) is 69.7 Å². The van der Waals surface area contributed by atoms with Gasteiger partial charge in [0.1, 0.15) is 12.6 Å². The number of nitrogens with zero attached hydrogens (tertiary/aromatic N) is 2. The zero-order valence-electron chi connectivity index (χ0n) is 12.1. The number of imide groups is 1. The van der Waals surface area contributed by atoms with Crippen LogP contribution in [0.15, 0.2) is 18.2 Å². The molecule has 3 rings (SSSR count). The molecule has 0 saturated carbocycles. The second-order valence-corrected chi connectivity index (χ2v) is 6.81. The Balaban J connectivity index is 1.67. The van der Waals surface area contributed by atoms with Gasteiger partial charge in [0.2, 0.25) is 5.91 Å². The summed E-state index contributed by atoms with van der Waals surface area (Å²) >= 11 is 2.20. The normalized spacial score (nSPS) is 20.5. The molecule has 2 saturated heterocycles. The van der Waals surface area contributed by atoms with E-state index in [2.05, 4.69) is 27.9 Å². The van der Waals surface area contributed by atoms with Gasteiger partial charge in [-0.1, -0.05) is 0 Å². The number of hydrogen-bond donors (Lipinski definition) is 1. The van der Waals surface area contributed by atoms with Gasteiger partial charge >= 0.3 is 6.03 Å². The summed E-state index contributed by atoms with van der Waals surface area (Å²) in [5.41, 5.74) is 1.64. The fourth-order valence-electron chi connectivity index (χ4n) is 2.93. The number of carbonyl (C=O) groups excluding carboxylic acids is 3. The minimum atomic E-state index is -0.361. The van der Waals surface area contributed by atoms with Gasteiger partial charge in [0, 0.05) is 15.8 Å². The van der Waals surface area contributed by atoms with Crippen LogP contribution >= 0.6 is 22.6 Å². The molecule has 4 amide bonds. The molecule has 0 bridgehead atoms. The third kappa shape index (κ3) is 2.69. The fourth-order valence-corrected chi connectivity index (χ4v) is 3.57. The van der Waals surface area contributed by atoms with Crippen LogP contribution in [0.5, 0.6) is 0 Å². The maximum Gasteiger partial charge on any atom is 0.327 e. The van der Waals surface area contributed by atoms with Crippen LogP contribution in [0, 0.1) is 10.5 Å². The lowest BCUT2D eigenvalue weighted by atomic mass is 10.2. The van der Waals surface area contributed by atoms with E-state index in [1.54, 1.807) is 4.90 Å². The van der Waals surface area contributed by atoms with Gasteiger partial charge in [-0.15, -0.1) is 0 Å². The van der Waals surface area contributed by atoms with E-state index in [0.29, 0.717) is 18.7 Å². The van der Waals surface area contributed by atoms with Crippen LogP contribution in [0.4, 0.5) is 10.5 Å². The van der Waals surface area contributed by atoms with Crippen molar-refractivity contribution in [2.75, 3.05) is 18.4 Å². The van der Waals surface area contributed by atoms with Crippen molar-refractivity contribution < 1.29 is 14.4 Å². The highest BCUT2D eigenvalue weighted by molar-refractivity contribution is 14.1. The highest BCUT2D eigenvalue weighted by Gasteiger charge is 2.47. The molecule has 2 aliphatic rings. The van der Waals surface area contributed by atoms with Gasteiger partial charge in [-0.25, -0.2) is 4.79 Å². The number of amides is 4. The van der Waals surface area contributed by atoms with Crippen molar-refractivity contribution in [3.8, 4) is 0 Å². The molecule has 2 fully saturated rings. The maximum absolute atomic E-state index is 12.2. The largest absolute Gasteiger partial charge is 0.327 e. The second-order valence-electron chi connectivity index (χ2n) is 5.57. The smallest absolute Gasteiger partial charge is 0.324 e. The molecule has 1 aromatic rings. The third-order valence-electron chi connectivity index (χ3n) is 4.04. The molecule has 6 nitrogen and oxygen atoms in total. The van der Waals surface area contributed by atoms with Crippen LogP contribution < -0.4 is 5.32 Å². The highest BCUT2D eigenvalue weighted by Crippen LogP contribution is 2.27. The van der Waals surface area contributed by atoms with E-state index in [4.69, 9.17) is 0 Å². The molecule has 1 N–H and O–H groups in total. The van der Waals surface area contributed by atoms with E-state index in [1.807, 2.05) is 25.1 Å². The summed E-state index contributed by atoms with van der Waals surface area (Å²) in [4.78, 5) is 39.1. The van der Waals surface area contributed by atoms with Crippen molar-refractivity contribution in [3.05, 3.63) is 27.3 Å². The predicted octanol–water partition coefficient (Wildman–Crippen LogP) is 1.96. The van der Waals surface area contributed by atoms with Crippen molar-refractivity contribution in [3.63, 3.8) is 0 Å². The summed E-state index contributed by atoms with van der Waals surface area (Å²) in [5.74, 6) is -0.607. The molecule has 2 aliphatic heterocycles. The quantitative estimate of drug-likeness (QED) is 0.609. The van der Waals surface area contributed by atoms with E-state index in [1.165, 1.54) is 0 Å². The number of nitrogens with one attached hydrogen (secondary N) is 1. The summed E-state index contributed by atoms with van der Waals surface area (Å²) in [6, 6.07) is 4.97. The van der Waals surface area contributed by atoms with Gasteiger partial charge < -0.3 is 10.2 Å². The van der Waals surface area contributed by atoms with Crippen LogP contribution in [-0.4, -0.2) is 46.8 Å². The number of urea groups is 1. The van der Waals surface area contributed by atoms with Gasteiger partial charge in [-0.2, -0.15) is 0 Å². The number of halogens is 1. The van der Waals surface area contributed by atoms with Gasteiger partial charge in [-0.05, 0) is 66.1 Å². The Morgan fingerprint density at radius 2 is 2.18 bits per heavy atom. The summed E-state index contributed by atoms with van der Waals surface area (Å²) in [6.45, 7) is 2.28. The van der Waals surface area contributed by atoms with E-state index in [9.17, 15) is 14.4 Å². The van der Waals surface area contributed by atoms with Crippen molar-refractivity contribution in [1.82, 2.24) is 9.80 Å². The molecule has 0 aromatic heterocycles. The second kappa shape index (κ2) is 5.86. The van der Waals surface area contributed by atoms with Crippen molar-refractivity contribution in [1.29, 1.82) is 0 Å². The van der Waals surface area contributed by atoms with E-state index in [0.717, 1.165) is 20.5 Å². The van der Waals surface area contributed by atoms with Crippen molar-refractivity contribution in [2.24, 2.45) is 0 Å². The Labute approximate surface area is 142 Å². The van der Waals surface area contributed by atoms with Crippen LogP contribution in [0.3, 0.4) is 0 Å². The Morgan fingerprint density at radius 3 is 2.86 bits per heavy atom. The average molecular weight is 413 g/mol. The first-order chi connectivity index (χ1) is 10.5. The monoisotopic (exact) mass is 413 g/mol. The molecule has 22 heavy (non-hydrogen) atoms. The Bertz CT molecular complexity index is 639. The van der Waals surface area contributed by atoms with Gasteiger partial charge in [0.25, 0.3) is 5.91 Å². The molecule has 2 heterocycles. The summed E-state index contributed by atoms with van der Waals surface area (Å²) < 4.78 is 1.08. The SMILES string of the molecule is Cc1cc(I)ccc1NC(=O)CN1C(=O)C2CCCN2C1=O. The number of carbonyl (C=O) groups is 3. The molecule has 0 aliphatic carbocycles. The van der Waals surface area contributed by atoms with Crippen LogP contribution in [0.25, 0.3) is 0 Å². The summed E-state index contributed by atoms with van der Waals surface area (Å²) in [7, 11) is 0. The molecule has 0 spiro atoms. The number of hydrogen-bond acceptors (Lipinski definition) is 3. The Morgan fingerprint density at radius 1 is 1.41 bits per heavy atom. The lowest BCUT2D eigenvalue weighted by Gasteiger charge is -2.16. The molecule has 116 valence electrons. The predicted molar refractivity (Wildman–Crippen MR) is 89.4 cm³/mol. The van der Waals surface area contributed by atoms with Crippen molar-refractivity contribution >= 4 is 46.1 Å². The van der Waals surface area contributed by atoms with Crippen molar-refractivity contribution in [2.45, 2.75) is 25.8 Å². The molecule has 0 radical (unpaired) electrons. The highest BCUT2D eigenvalue weighted by atomic mass is 127. The summed E-state index contributed by atoms with van der Waals surface area (Å²) in [6.07, 6.45) is 1.54. The molecular weight excluding hydrogens is 397 g/mol. The zero-order valence-corrected chi connectivity index (χ0v) is 14.3. The van der Waals surface area contributed by atoms with Gasteiger partial charge in [-0.3, -0.25) is 14.5 Å². The van der Waals surface area contributed by atoms with Crippen LogP contribution in [-0.2, 0) is 9.59 Å². The zero-order chi connectivity index (χ0) is 15.9. The van der Waals surface area contributed by atoms with Gasteiger partial charge in [0.05, 0.1) is 0 Å². The first-order valence-corrected chi connectivity index (χ1v) is 8.23. The van der Waals surface area contributed by atoms with Crippen LogP contribution in [0.1, 0.15) is 18.4 Å². The average Bonchev–Trinajstić information content (AvgIpc) is 3.02. The number of benzene rings is 1. The molecular formula is C15H16IN3O3. The molecule has 1 aromatic carbocycles. The van der Waals surface area contributed by atoms with E-state index in [-0.39, 0.29) is 30.4 Å². The molecule has 7 heteroatoms. The lowest BCUT2D eigenvalue weighted by molar-refractivity contribution is -0.131. The number of fused-ring (bicyclic) bond motifs is 1. The first-order valence-electron chi connectivity index (χ1n) is 7.15. The van der Waals surface area contributed by atoms with E-state index < -0.39 is 0 Å². The Hall–Kier alpha value is -1.64. The first kappa shape index (κ1) is 15.3. The third-order valence-corrected chi connectivity index (χ3v) is 4.72. The number of anilines is 1. The molecule has 1 atom stereocenters. The maximum atomic E-state index is 12.2. The Kier molecular flexibility index (Phi) is 4.07. The minimum Gasteiger partial charge on any atom is -0.324 e. The van der Waals surface area contributed by atoms with Crippen LogP contribution in [0.2, 0.25) is 0 Å². The summed E-state index contributed by atoms with van der Waals surface area (Å²) in [5, 5.41) is 2.76. The van der Waals surface area contributed by atoms with E-state index >= 15 is 0 Å². The fraction of sp³-hybridized carbons (Fsp3) is 0.400. The molecule has 1 unspecified atom stereocenters.